The lowest BCUT2D eigenvalue weighted by molar-refractivity contribution is 0.608. The van der Waals surface area contributed by atoms with E-state index < -0.39 is 19.4 Å². The lowest BCUT2D eigenvalue weighted by Gasteiger charge is -1.96. The molecule has 0 aliphatic rings. The van der Waals surface area contributed by atoms with Crippen LogP contribution in [0.5, 0.6) is 0 Å². The van der Waals surface area contributed by atoms with Crippen LogP contribution in [0.15, 0.2) is 22.0 Å². The Bertz CT molecular complexity index is 452. The van der Waals surface area contributed by atoms with Crippen molar-refractivity contribution in [3.8, 4) is 0 Å². The summed E-state index contributed by atoms with van der Waals surface area (Å²) in [4.78, 5) is 13.2. The van der Waals surface area contributed by atoms with Crippen molar-refractivity contribution >= 4 is 42.3 Å². The van der Waals surface area contributed by atoms with E-state index in [4.69, 9.17) is 10.7 Å². The van der Waals surface area contributed by atoms with Gasteiger partial charge in [-0.05, 0) is 22.6 Å². The Kier molecular flexibility index (Phi) is 2.79. The molecule has 1 heterocycles. The molecular formula is C5H3ClINO3S. The fourth-order valence-corrected chi connectivity index (χ4v) is 3.41. The highest BCUT2D eigenvalue weighted by Gasteiger charge is 2.18. The van der Waals surface area contributed by atoms with Crippen LogP contribution in [-0.4, -0.2) is 13.4 Å². The molecular weight excluding hydrogens is 316 g/mol. The molecule has 0 saturated heterocycles. The van der Waals surface area contributed by atoms with Gasteiger partial charge in [-0.1, -0.05) is 0 Å². The van der Waals surface area contributed by atoms with Crippen LogP contribution in [0.2, 0.25) is 0 Å². The number of nitrogens with one attached hydrogen (secondary N) is 1. The Balaban J connectivity index is 3.65. The van der Waals surface area contributed by atoms with E-state index in [1.54, 1.807) is 22.6 Å². The monoisotopic (exact) mass is 319 g/mol. The predicted octanol–water partition coefficient (Wildman–Crippen LogP) is 0.907. The first-order valence-electron chi connectivity index (χ1n) is 2.75. The van der Waals surface area contributed by atoms with E-state index in [1.165, 1.54) is 6.20 Å². The van der Waals surface area contributed by atoms with E-state index in [0.717, 1.165) is 6.07 Å². The Labute approximate surface area is 86.5 Å². The van der Waals surface area contributed by atoms with E-state index in [9.17, 15) is 13.2 Å². The van der Waals surface area contributed by atoms with Crippen molar-refractivity contribution in [1.29, 1.82) is 0 Å². The highest BCUT2D eigenvalue weighted by Crippen LogP contribution is 2.14. The fourth-order valence-electron chi connectivity index (χ4n) is 0.667. The van der Waals surface area contributed by atoms with Gasteiger partial charge >= 0.3 is 0 Å². The topological polar surface area (TPSA) is 67.0 Å². The quantitative estimate of drug-likeness (QED) is 0.475. The van der Waals surface area contributed by atoms with Gasteiger partial charge in [-0.15, -0.1) is 0 Å². The van der Waals surface area contributed by atoms with Crippen molar-refractivity contribution in [3.05, 3.63) is 26.2 Å². The molecule has 0 saturated carbocycles. The minimum absolute atomic E-state index is 0.218. The summed E-state index contributed by atoms with van der Waals surface area (Å²) in [5.74, 6) is 0. The average molecular weight is 320 g/mol. The Morgan fingerprint density at radius 3 is 2.42 bits per heavy atom. The van der Waals surface area contributed by atoms with Crippen molar-refractivity contribution < 1.29 is 8.42 Å². The van der Waals surface area contributed by atoms with Gasteiger partial charge in [-0.3, -0.25) is 4.79 Å². The van der Waals surface area contributed by atoms with Gasteiger partial charge in [0.05, 0.1) is 0 Å². The third-order valence-electron chi connectivity index (χ3n) is 1.11. The molecule has 0 amide bonds. The van der Waals surface area contributed by atoms with Crippen LogP contribution in [0.1, 0.15) is 0 Å². The number of hydrogen-bond donors (Lipinski definition) is 1. The number of rotatable bonds is 1. The standard InChI is InChI=1S/C5H3ClINO3S/c6-12(10,11)4-3(9)1-2-8-5(4)7/h1-2H,(H,8,9). The van der Waals surface area contributed by atoms with Gasteiger partial charge in [-0.2, -0.15) is 0 Å². The maximum Gasteiger partial charge on any atom is 0.267 e. The van der Waals surface area contributed by atoms with Crippen molar-refractivity contribution in [2.24, 2.45) is 0 Å². The zero-order valence-corrected chi connectivity index (χ0v) is 9.27. The van der Waals surface area contributed by atoms with E-state index in [1.807, 2.05) is 0 Å². The van der Waals surface area contributed by atoms with Crippen LogP contribution in [-0.2, 0) is 9.05 Å². The van der Waals surface area contributed by atoms with E-state index >= 15 is 0 Å². The van der Waals surface area contributed by atoms with Crippen molar-refractivity contribution in [1.82, 2.24) is 4.98 Å². The average Bonchev–Trinajstić information content (AvgIpc) is 1.82. The predicted molar refractivity (Wildman–Crippen MR) is 52.8 cm³/mol. The van der Waals surface area contributed by atoms with Gasteiger partial charge in [0.1, 0.15) is 3.70 Å². The number of hydrogen-bond acceptors (Lipinski definition) is 3. The summed E-state index contributed by atoms with van der Waals surface area (Å²) in [6.45, 7) is 0. The molecule has 1 aromatic rings. The number of aromatic nitrogens is 1. The third-order valence-corrected chi connectivity index (χ3v) is 3.68. The Hall–Kier alpha value is -0.0800. The zero-order valence-electron chi connectivity index (χ0n) is 5.54. The van der Waals surface area contributed by atoms with Gasteiger partial charge in [0.25, 0.3) is 9.05 Å². The fraction of sp³-hybridized carbons (Fsp3) is 0. The van der Waals surface area contributed by atoms with Gasteiger partial charge in [0, 0.05) is 22.9 Å². The highest BCUT2D eigenvalue weighted by atomic mass is 127. The number of pyridine rings is 1. The normalized spacial score (nSPS) is 11.5. The molecule has 0 aliphatic heterocycles. The summed E-state index contributed by atoms with van der Waals surface area (Å²) in [6, 6.07) is 1.11. The Morgan fingerprint density at radius 1 is 1.50 bits per heavy atom. The summed E-state index contributed by atoms with van der Waals surface area (Å²) < 4.78 is 21.8. The van der Waals surface area contributed by atoms with Crippen LogP contribution in [0.3, 0.4) is 0 Å². The lowest BCUT2D eigenvalue weighted by Crippen LogP contribution is -2.12. The minimum Gasteiger partial charge on any atom is -0.355 e. The molecule has 1 N–H and O–H groups in total. The number of H-pyrrole nitrogens is 1. The SMILES string of the molecule is O=c1cc[nH]c(I)c1S(=O)(=O)Cl. The first-order valence-corrected chi connectivity index (χ1v) is 6.13. The summed E-state index contributed by atoms with van der Waals surface area (Å²) in [5.41, 5.74) is -0.604. The summed E-state index contributed by atoms with van der Waals surface area (Å²) in [5, 5.41) is 0. The molecule has 0 aromatic carbocycles. The lowest BCUT2D eigenvalue weighted by atomic mass is 10.5. The van der Waals surface area contributed by atoms with Crippen LogP contribution < -0.4 is 5.43 Å². The van der Waals surface area contributed by atoms with Gasteiger partial charge < -0.3 is 4.98 Å². The molecule has 66 valence electrons. The van der Waals surface area contributed by atoms with Crippen LogP contribution >= 0.6 is 33.3 Å². The molecule has 0 radical (unpaired) electrons. The molecule has 7 heteroatoms. The molecule has 0 spiro atoms. The molecule has 0 unspecified atom stereocenters. The van der Waals surface area contributed by atoms with Gasteiger partial charge in [-0.25, -0.2) is 8.42 Å². The van der Waals surface area contributed by atoms with Crippen molar-refractivity contribution in [3.63, 3.8) is 0 Å². The second-order valence-electron chi connectivity index (χ2n) is 1.92. The maximum atomic E-state index is 11.0. The molecule has 1 aromatic heterocycles. The number of halogens is 2. The third kappa shape index (κ3) is 1.99. The summed E-state index contributed by atoms with van der Waals surface area (Å²) >= 11 is 1.69. The van der Waals surface area contributed by atoms with E-state index in [2.05, 4.69) is 4.98 Å². The molecule has 12 heavy (non-hydrogen) atoms. The second-order valence-corrected chi connectivity index (χ2v) is 5.50. The van der Waals surface area contributed by atoms with Crippen molar-refractivity contribution in [2.75, 3.05) is 0 Å². The van der Waals surface area contributed by atoms with Crippen molar-refractivity contribution in [2.45, 2.75) is 4.90 Å². The van der Waals surface area contributed by atoms with Gasteiger partial charge in [0.15, 0.2) is 4.90 Å². The minimum atomic E-state index is -3.94. The van der Waals surface area contributed by atoms with E-state index in [-0.39, 0.29) is 3.70 Å². The highest BCUT2D eigenvalue weighted by molar-refractivity contribution is 14.1. The Morgan fingerprint density at radius 2 is 2.08 bits per heavy atom. The largest absolute Gasteiger partial charge is 0.355 e. The van der Waals surface area contributed by atoms with Gasteiger partial charge in [0.2, 0.25) is 5.43 Å². The first kappa shape index (κ1) is 10.0. The van der Waals surface area contributed by atoms with Crippen LogP contribution in [0, 0.1) is 3.70 Å². The zero-order chi connectivity index (χ0) is 9.35. The summed E-state index contributed by atoms with van der Waals surface area (Å²) in [6.07, 6.45) is 1.36. The first-order chi connectivity index (χ1) is 5.43. The molecule has 0 bridgehead atoms. The molecule has 0 aliphatic carbocycles. The smallest absolute Gasteiger partial charge is 0.267 e. The molecule has 1 rings (SSSR count). The van der Waals surface area contributed by atoms with E-state index in [0.29, 0.717) is 0 Å². The molecule has 0 fully saturated rings. The second kappa shape index (κ2) is 3.35. The molecule has 0 atom stereocenters. The maximum absolute atomic E-state index is 11.0. The van der Waals surface area contributed by atoms with Crippen LogP contribution in [0.4, 0.5) is 0 Å². The summed E-state index contributed by atoms with van der Waals surface area (Å²) in [7, 11) is 1.07. The van der Waals surface area contributed by atoms with Crippen LogP contribution in [0.25, 0.3) is 0 Å². The molecule has 4 nitrogen and oxygen atoms in total. The number of aromatic amines is 1.